The highest BCUT2D eigenvalue weighted by molar-refractivity contribution is 6.29. The highest BCUT2D eigenvalue weighted by atomic mass is 35.5. The quantitative estimate of drug-likeness (QED) is 0.366. The number of benzene rings is 1. The molecule has 0 amide bonds. The van der Waals surface area contributed by atoms with E-state index in [4.69, 9.17) is 11.6 Å². The Morgan fingerprint density at radius 2 is 1.71 bits per heavy atom. The molecule has 5 heteroatoms. The van der Waals surface area contributed by atoms with Gasteiger partial charge in [0.15, 0.2) is 0 Å². The number of hydrogen-bond acceptors (Lipinski definition) is 3. The average molecular weight is 493 g/mol. The third kappa shape index (κ3) is 5.45. The van der Waals surface area contributed by atoms with Gasteiger partial charge in [-0.05, 0) is 119 Å². The lowest BCUT2D eigenvalue weighted by molar-refractivity contribution is 0.111. The number of nitrogens with zero attached hydrogens (tertiary/aromatic N) is 3. The fraction of sp³-hybridized carbons (Fsp3) is 0.567. The number of piperidine rings is 2. The topological polar surface area (TPSA) is 35.2 Å². The van der Waals surface area contributed by atoms with Crippen molar-refractivity contribution in [2.45, 2.75) is 71.3 Å². The van der Waals surface area contributed by atoms with E-state index in [-0.39, 0.29) is 0 Å². The predicted molar refractivity (Wildman–Crippen MR) is 148 cm³/mol. The second-order valence-corrected chi connectivity index (χ2v) is 11.8. The molecule has 35 heavy (non-hydrogen) atoms. The van der Waals surface area contributed by atoms with Crippen LogP contribution in [0.2, 0.25) is 5.15 Å². The summed E-state index contributed by atoms with van der Waals surface area (Å²) in [5, 5.41) is 1.90. The van der Waals surface area contributed by atoms with Crippen LogP contribution in [0.4, 0.5) is 0 Å². The lowest BCUT2D eigenvalue weighted by Crippen LogP contribution is -2.43. The van der Waals surface area contributed by atoms with Gasteiger partial charge in [0.1, 0.15) is 5.15 Å². The SMILES string of the molecule is CC(C)c1c(-c2ccnc(Cl)c2)[nH]c2ccc(C3CCN(CC4CCN(C(C)C)CC4)CC3)cc12. The summed E-state index contributed by atoms with van der Waals surface area (Å²) in [5.74, 6) is 1.96. The maximum Gasteiger partial charge on any atom is 0.129 e. The van der Waals surface area contributed by atoms with Crippen molar-refractivity contribution in [3.63, 3.8) is 0 Å². The first kappa shape index (κ1) is 24.8. The average Bonchev–Trinajstić information content (AvgIpc) is 3.24. The second-order valence-electron chi connectivity index (χ2n) is 11.4. The number of hydrogen-bond donors (Lipinski definition) is 1. The van der Waals surface area contributed by atoms with E-state index in [1.54, 1.807) is 6.20 Å². The van der Waals surface area contributed by atoms with Crippen LogP contribution in [0, 0.1) is 5.92 Å². The molecule has 4 heterocycles. The van der Waals surface area contributed by atoms with E-state index in [1.165, 1.54) is 86.1 Å². The van der Waals surface area contributed by atoms with Gasteiger partial charge in [-0.3, -0.25) is 0 Å². The Morgan fingerprint density at radius 3 is 2.37 bits per heavy atom. The number of aromatic nitrogens is 2. The Labute approximate surface area is 216 Å². The standard InChI is InChI=1S/C30H41ClN4/c1-20(2)29-26-17-24(5-6-27(26)33-30(29)25-7-12-32-28(31)18-25)23-10-13-34(14-11-23)19-22-8-15-35(16-9-22)21(3)4/h5-7,12,17-18,20-23,33H,8-11,13-16,19H2,1-4H3. The number of aromatic amines is 1. The smallest absolute Gasteiger partial charge is 0.129 e. The summed E-state index contributed by atoms with van der Waals surface area (Å²) in [6.45, 7) is 15.5. The van der Waals surface area contributed by atoms with Gasteiger partial charge in [0.25, 0.3) is 0 Å². The van der Waals surface area contributed by atoms with Crippen LogP contribution in [0.5, 0.6) is 0 Å². The first-order valence-electron chi connectivity index (χ1n) is 13.6. The van der Waals surface area contributed by atoms with Crippen molar-refractivity contribution in [3.05, 3.63) is 52.8 Å². The van der Waals surface area contributed by atoms with Crippen LogP contribution in [0.3, 0.4) is 0 Å². The van der Waals surface area contributed by atoms with Crippen LogP contribution in [-0.4, -0.2) is 58.5 Å². The molecule has 2 aliphatic rings. The number of pyridine rings is 1. The summed E-state index contributed by atoms with van der Waals surface area (Å²) >= 11 is 6.21. The molecule has 4 nitrogen and oxygen atoms in total. The van der Waals surface area contributed by atoms with Gasteiger partial charge >= 0.3 is 0 Å². The molecule has 0 aliphatic carbocycles. The van der Waals surface area contributed by atoms with Gasteiger partial charge in [0, 0.05) is 35.2 Å². The van der Waals surface area contributed by atoms with Crippen molar-refractivity contribution in [2.24, 2.45) is 5.92 Å². The van der Waals surface area contributed by atoms with Crippen LogP contribution in [0.25, 0.3) is 22.2 Å². The largest absolute Gasteiger partial charge is 0.354 e. The molecule has 0 radical (unpaired) electrons. The normalized spacial score (nSPS) is 19.4. The molecule has 0 atom stereocenters. The van der Waals surface area contributed by atoms with Crippen LogP contribution in [-0.2, 0) is 0 Å². The highest BCUT2D eigenvalue weighted by Crippen LogP contribution is 2.38. The fourth-order valence-electron chi connectivity index (χ4n) is 6.34. The van der Waals surface area contributed by atoms with Crippen molar-refractivity contribution < 1.29 is 0 Å². The number of fused-ring (bicyclic) bond motifs is 1. The molecule has 2 fully saturated rings. The van der Waals surface area contributed by atoms with Crippen molar-refractivity contribution >= 4 is 22.5 Å². The molecule has 1 N–H and O–H groups in total. The Kier molecular flexibility index (Phi) is 7.52. The molecule has 0 spiro atoms. The van der Waals surface area contributed by atoms with Gasteiger partial charge in [-0.1, -0.05) is 31.5 Å². The molecule has 3 aromatic rings. The Bertz CT molecular complexity index is 1130. The predicted octanol–water partition coefficient (Wildman–Crippen LogP) is 7.31. The Hall–Kier alpha value is -1.88. The van der Waals surface area contributed by atoms with E-state index in [2.05, 4.69) is 65.7 Å². The van der Waals surface area contributed by atoms with E-state index < -0.39 is 0 Å². The minimum Gasteiger partial charge on any atom is -0.354 e. The maximum absolute atomic E-state index is 6.21. The van der Waals surface area contributed by atoms with Crippen LogP contribution in [0.1, 0.15) is 76.3 Å². The Balaban J connectivity index is 1.27. The van der Waals surface area contributed by atoms with Crippen molar-refractivity contribution in [2.75, 3.05) is 32.7 Å². The molecule has 2 saturated heterocycles. The lowest BCUT2D eigenvalue weighted by atomic mass is 9.86. The number of H-pyrrole nitrogens is 1. The summed E-state index contributed by atoms with van der Waals surface area (Å²) < 4.78 is 0. The molecule has 1 aromatic carbocycles. The fourth-order valence-corrected chi connectivity index (χ4v) is 6.51. The van der Waals surface area contributed by atoms with Gasteiger partial charge in [-0.25, -0.2) is 4.98 Å². The van der Waals surface area contributed by atoms with Crippen molar-refractivity contribution in [3.8, 4) is 11.3 Å². The van der Waals surface area contributed by atoms with Crippen LogP contribution < -0.4 is 0 Å². The number of likely N-dealkylation sites (tertiary alicyclic amines) is 2. The summed E-state index contributed by atoms with van der Waals surface area (Å²) in [4.78, 5) is 13.2. The third-order valence-electron chi connectivity index (χ3n) is 8.41. The zero-order valence-corrected chi connectivity index (χ0v) is 22.6. The minimum atomic E-state index is 0.421. The number of nitrogens with one attached hydrogen (secondary N) is 1. The molecular weight excluding hydrogens is 452 g/mol. The van der Waals surface area contributed by atoms with Gasteiger partial charge in [0.05, 0.1) is 5.69 Å². The number of halogens is 1. The molecule has 2 aromatic heterocycles. The second kappa shape index (κ2) is 10.6. The maximum atomic E-state index is 6.21. The van der Waals surface area contributed by atoms with Crippen molar-refractivity contribution in [1.82, 2.24) is 19.8 Å². The third-order valence-corrected chi connectivity index (χ3v) is 8.62. The summed E-state index contributed by atoms with van der Waals surface area (Å²) in [5.41, 5.74) is 6.39. The molecule has 2 aliphatic heterocycles. The van der Waals surface area contributed by atoms with E-state index in [0.29, 0.717) is 23.0 Å². The number of rotatable bonds is 6. The first-order chi connectivity index (χ1) is 16.9. The van der Waals surface area contributed by atoms with Gasteiger partial charge < -0.3 is 14.8 Å². The van der Waals surface area contributed by atoms with Gasteiger partial charge in [-0.2, -0.15) is 0 Å². The van der Waals surface area contributed by atoms with E-state index >= 15 is 0 Å². The molecule has 0 bridgehead atoms. The van der Waals surface area contributed by atoms with Crippen molar-refractivity contribution in [1.29, 1.82) is 0 Å². The molecule has 188 valence electrons. The summed E-state index contributed by atoms with van der Waals surface area (Å²) in [6, 6.07) is 11.8. The van der Waals surface area contributed by atoms with Gasteiger partial charge in [-0.15, -0.1) is 0 Å². The van der Waals surface area contributed by atoms with Crippen LogP contribution >= 0.6 is 11.6 Å². The summed E-state index contributed by atoms with van der Waals surface area (Å²) in [6.07, 6.45) is 7.06. The molecular formula is C30H41ClN4. The first-order valence-corrected chi connectivity index (χ1v) is 14.0. The van der Waals surface area contributed by atoms with E-state index in [9.17, 15) is 0 Å². The summed E-state index contributed by atoms with van der Waals surface area (Å²) in [7, 11) is 0. The lowest BCUT2D eigenvalue weighted by Gasteiger charge is -2.39. The minimum absolute atomic E-state index is 0.421. The zero-order chi connectivity index (χ0) is 24.5. The Morgan fingerprint density at radius 1 is 0.971 bits per heavy atom. The zero-order valence-electron chi connectivity index (χ0n) is 21.9. The molecule has 0 unspecified atom stereocenters. The van der Waals surface area contributed by atoms with E-state index in [0.717, 1.165) is 11.5 Å². The van der Waals surface area contributed by atoms with Crippen LogP contribution in [0.15, 0.2) is 36.5 Å². The molecule has 0 saturated carbocycles. The van der Waals surface area contributed by atoms with E-state index in [1.807, 2.05) is 12.1 Å². The highest BCUT2D eigenvalue weighted by Gasteiger charge is 2.26. The van der Waals surface area contributed by atoms with Gasteiger partial charge in [0.2, 0.25) is 0 Å². The molecule has 5 rings (SSSR count). The monoisotopic (exact) mass is 492 g/mol.